The summed E-state index contributed by atoms with van der Waals surface area (Å²) in [5.41, 5.74) is -2.21. The normalized spacial score (nSPS) is 18.3. The molecular weight excluding hydrogens is 406 g/mol. The lowest BCUT2D eigenvalue weighted by atomic mass is 9.90. The Morgan fingerprint density at radius 2 is 1.48 bits per heavy atom. The largest absolute Gasteiger partial charge is 0.508 e. The summed E-state index contributed by atoms with van der Waals surface area (Å²) >= 11 is 0. The van der Waals surface area contributed by atoms with Crippen LogP contribution in [0.15, 0.2) is 48.5 Å². The van der Waals surface area contributed by atoms with E-state index in [1.165, 1.54) is 48.5 Å². The number of phenolic OH excluding ortho intramolecular Hbond substituents is 2. The first-order chi connectivity index (χ1) is 14.7. The first kappa shape index (κ1) is 21.8. The van der Waals surface area contributed by atoms with Crippen molar-refractivity contribution in [1.29, 1.82) is 0 Å². The van der Waals surface area contributed by atoms with Gasteiger partial charge in [-0.25, -0.2) is 4.79 Å². The van der Waals surface area contributed by atoms with E-state index in [1.807, 2.05) is 0 Å². The van der Waals surface area contributed by atoms with Crippen molar-refractivity contribution in [2.24, 2.45) is 0 Å². The molecule has 1 atom stereocenters. The minimum atomic E-state index is -2.61. The molecule has 0 radical (unpaired) electrons. The van der Waals surface area contributed by atoms with Crippen LogP contribution >= 0.6 is 0 Å². The van der Waals surface area contributed by atoms with Crippen LogP contribution in [0.4, 0.5) is 0 Å². The lowest BCUT2D eigenvalue weighted by molar-refractivity contribution is -0.186. The lowest BCUT2D eigenvalue weighted by Gasteiger charge is -2.32. The number of benzene rings is 2. The molecule has 0 aliphatic carbocycles. The Hall–Kier alpha value is -3.85. The maximum Gasteiger partial charge on any atom is 0.364 e. The van der Waals surface area contributed by atoms with Crippen LogP contribution in [0.2, 0.25) is 0 Å². The molecule has 0 spiro atoms. The van der Waals surface area contributed by atoms with E-state index in [2.05, 4.69) is 0 Å². The zero-order chi connectivity index (χ0) is 22.8. The van der Waals surface area contributed by atoms with Crippen LogP contribution < -0.4 is 0 Å². The number of hydrogen-bond acceptors (Lipinski definition) is 8. The van der Waals surface area contributed by atoms with Gasteiger partial charge in [0.2, 0.25) is 0 Å². The summed E-state index contributed by atoms with van der Waals surface area (Å²) in [6.45, 7) is 0.864. The summed E-state index contributed by atoms with van der Waals surface area (Å²) in [4.78, 5) is 38.5. The maximum absolute atomic E-state index is 13.4. The summed E-state index contributed by atoms with van der Waals surface area (Å²) in [7, 11) is 1.05. The van der Waals surface area contributed by atoms with E-state index in [1.54, 1.807) is 6.92 Å². The molecule has 1 unspecified atom stereocenters. The second kappa shape index (κ2) is 8.49. The summed E-state index contributed by atoms with van der Waals surface area (Å²) in [6.07, 6.45) is 0.0295. The molecule has 1 amide bonds. The first-order valence-corrected chi connectivity index (χ1v) is 9.36. The highest BCUT2D eigenvalue weighted by Gasteiger charge is 2.58. The van der Waals surface area contributed by atoms with Crippen LogP contribution in [0.1, 0.15) is 24.5 Å². The topological polar surface area (TPSA) is 134 Å². The number of hydrogen-bond donors (Lipinski definition) is 3. The number of carbonyl (C=O) groups is 3. The Bertz CT molecular complexity index is 1040. The predicted molar refractivity (Wildman–Crippen MR) is 108 cm³/mol. The number of methoxy groups -OCH3 is 1. The van der Waals surface area contributed by atoms with Gasteiger partial charge >= 0.3 is 11.9 Å². The Balaban J connectivity index is 2.26. The highest BCUT2D eigenvalue weighted by Crippen LogP contribution is 2.45. The molecule has 2 aromatic carbocycles. The minimum absolute atomic E-state index is 0.0295. The van der Waals surface area contributed by atoms with Gasteiger partial charge in [0.25, 0.3) is 11.6 Å². The minimum Gasteiger partial charge on any atom is -0.508 e. The van der Waals surface area contributed by atoms with E-state index < -0.39 is 30.3 Å². The van der Waals surface area contributed by atoms with Crippen LogP contribution in [0.3, 0.4) is 0 Å². The number of ether oxygens (including phenoxy) is 2. The van der Waals surface area contributed by atoms with Crippen molar-refractivity contribution in [3.63, 3.8) is 0 Å². The quantitative estimate of drug-likeness (QED) is 0.592. The fourth-order valence-corrected chi connectivity index (χ4v) is 3.31. The molecule has 162 valence electrons. The molecule has 1 aliphatic heterocycles. The Kier molecular flexibility index (Phi) is 5.98. The van der Waals surface area contributed by atoms with Gasteiger partial charge in [-0.05, 0) is 35.4 Å². The molecule has 0 saturated carbocycles. The number of carbonyl (C=O) groups excluding carboxylic acids is 3. The third-order valence-electron chi connectivity index (χ3n) is 4.87. The molecule has 0 fully saturated rings. The second-order valence-corrected chi connectivity index (χ2v) is 6.74. The number of aliphatic hydroxyl groups is 1. The summed E-state index contributed by atoms with van der Waals surface area (Å²) in [6, 6.07) is 11.1. The van der Waals surface area contributed by atoms with Crippen LogP contribution in [0.5, 0.6) is 11.5 Å². The molecule has 1 aliphatic rings. The Morgan fingerprint density at radius 1 is 0.968 bits per heavy atom. The van der Waals surface area contributed by atoms with Gasteiger partial charge in [0.05, 0.1) is 12.7 Å². The van der Waals surface area contributed by atoms with Gasteiger partial charge in [0.15, 0.2) is 6.73 Å². The van der Waals surface area contributed by atoms with E-state index >= 15 is 0 Å². The first-order valence-electron chi connectivity index (χ1n) is 9.36. The van der Waals surface area contributed by atoms with Crippen LogP contribution in [0.25, 0.3) is 11.1 Å². The van der Waals surface area contributed by atoms with Crippen molar-refractivity contribution in [2.45, 2.75) is 19.1 Å². The Labute approximate surface area is 177 Å². The van der Waals surface area contributed by atoms with Crippen molar-refractivity contribution in [2.75, 3.05) is 13.8 Å². The average Bonchev–Trinajstić information content (AvgIpc) is 3.00. The standard InChI is InChI=1S/C22H21NO8/c1-3-17(26)31-12-23-20(27)18(13-4-8-15(24)9-5-13)19(22(23,29)21(28)30-2)14-6-10-16(25)11-7-14/h4-11,24-25,29H,3,12H2,1-2H3. The zero-order valence-electron chi connectivity index (χ0n) is 16.9. The van der Waals surface area contributed by atoms with Crippen molar-refractivity contribution in [3.8, 4) is 11.5 Å². The van der Waals surface area contributed by atoms with E-state index in [0.29, 0.717) is 10.5 Å². The maximum atomic E-state index is 13.4. The second-order valence-electron chi connectivity index (χ2n) is 6.74. The van der Waals surface area contributed by atoms with E-state index in [-0.39, 0.29) is 34.6 Å². The molecule has 2 aromatic rings. The molecule has 9 nitrogen and oxygen atoms in total. The number of aromatic hydroxyl groups is 2. The molecule has 3 N–H and O–H groups in total. The van der Waals surface area contributed by atoms with Crippen molar-refractivity contribution in [1.82, 2.24) is 4.90 Å². The molecular formula is C22H21NO8. The zero-order valence-corrected chi connectivity index (χ0v) is 16.9. The monoisotopic (exact) mass is 427 g/mol. The highest BCUT2D eigenvalue weighted by molar-refractivity contribution is 6.34. The number of esters is 2. The van der Waals surface area contributed by atoms with Gasteiger partial charge < -0.3 is 24.8 Å². The van der Waals surface area contributed by atoms with Crippen LogP contribution in [-0.2, 0) is 23.9 Å². The van der Waals surface area contributed by atoms with Gasteiger partial charge in [-0.1, -0.05) is 31.2 Å². The van der Waals surface area contributed by atoms with Crippen LogP contribution in [0, 0.1) is 0 Å². The fraction of sp³-hybridized carbons (Fsp3) is 0.227. The molecule has 3 rings (SSSR count). The smallest absolute Gasteiger partial charge is 0.364 e. The number of nitrogens with zero attached hydrogens (tertiary/aromatic N) is 1. The number of rotatable bonds is 6. The van der Waals surface area contributed by atoms with Crippen molar-refractivity contribution < 1.29 is 39.2 Å². The van der Waals surface area contributed by atoms with Gasteiger partial charge in [0.1, 0.15) is 11.5 Å². The molecule has 0 aromatic heterocycles. The van der Waals surface area contributed by atoms with E-state index in [0.717, 1.165) is 7.11 Å². The number of amides is 1. The molecule has 0 bridgehead atoms. The van der Waals surface area contributed by atoms with E-state index in [9.17, 15) is 29.7 Å². The third kappa shape index (κ3) is 3.82. The SMILES string of the molecule is CCC(=O)OCN1C(=O)C(c2ccc(O)cc2)=C(c2ccc(O)cc2)C1(O)C(=O)OC. The van der Waals surface area contributed by atoms with Gasteiger partial charge in [0, 0.05) is 12.0 Å². The van der Waals surface area contributed by atoms with Gasteiger partial charge in [-0.3, -0.25) is 14.5 Å². The molecule has 9 heteroatoms. The third-order valence-corrected chi connectivity index (χ3v) is 4.87. The van der Waals surface area contributed by atoms with E-state index in [4.69, 9.17) is 9.47 Å². The fourth-order valence-electron chi connectivity index (χ4n) is 3.31. The van der Waals surface area contributed by atoms with Crippen LogP contribution in [-0.4, -0.2) is 57.6 Å². The molecule has 0 saturated heterocycles. The highest BCUT2D eigenvalue weighted by atomic mass is 16.6. The van der Waals surface area contributed by atoms with Crippen molar-refractivity contribution >= 4 is 29.0 Å². The summed E-state index contributed by atoms with van der Waals surface area (Å²) < 4.78 is 9.81. The van der Waals surface area contributed by atoms with Crippen molar-refractivity contribution in [3.05, 3.63) is 59.7 Å². The molecule has 1 heterocycles. The Morgan fingerprint density at radius 3 is 1.97 bits per heavy atom. The van der Waals surface area contributed by atoms with Gasteiger partial charge in [-0.2, -0.15) is 0 Å². The number of phenols is 2. The lowest BCUT2D eigenvalue weighted by Crippen LogP contribution is -2.55. The molecule has 31 heavy (non-hydrogen) atoms. The van der Waals surface area contributed by atoms with Gasteiger partial charge in [-0.15, -0.1) is 0 Å². The summed E-state index contributed by atoms with van der Waals surface area (Å²) in [5.74, 6) is -2.69. The predicted octanol–water partition coefficient (Wildman–Crippen LogP) is 1.62. The summed E-state index contributed by atoms with van der Waals surface area (Å²) in [5, 5.41) is 30.8. The average molecular weight is 427 g/mol.